The maximum absolute atomic E-state index is 11.0. The van der Waals surface area contributed by atoms with Crippen LogP contribution in [-0.2, 0) is 0 Å². The summed E-state index contributed by atoms with van der Waals surface area (Å²) >= 11 is 7.38. The van der Waals surface area contributed by atoms with Gasteiger partial charge in [0.1, 0.15) is 0 Å². The Bertz CT molecular complexity index is 630. The van der Waals surface area contributed by atoms with E-state index in [0.717, 1.165) is 9.21 Å². The second kappa shape index (κ2) is 6.11. The van der Waals surface area contributed by atoms with Gasteiger partial charge in [0, 0.05) is 16.6 Å². The van der Waals surface area contributed by atoms with Crippen LogP contribution in [-0.4, -0.2) is 12.0 Å². The van der Waals surface area contributed by atoms with Gasteiger partial charge in [0.15, 0.2) is 5.75 Å². The number of nitro benzene ring substituents is 1. The monoisotopic (exact) mass is 312 g/mol. The van der Waals surface area contributed by atoms with Gasteiger partial charge in [-0.2, -0.15) is 0 Å². The van der Waals surface area contributed by atoms with E-state index in [0.29, 0.717) is 5.69 Å². The summed E-state index contributed by atoms with van der Waals surface area (Å²) in [5, 5.41) is 14.2. The second-order valence-corrected chi connectivity index (χ2v) is 5.90. The second-order valence-electron chi connectivity index (χ2n) is 4.15. The normalized spacial score (nSPS) is 11.9. The minimum absolute atomic E-state index is 0.0144. The predicted molar refractivity (Wildman–Crippen MR) is 81.0 cm³/mol. The van der Waals surface area contributed by atoms with Crippen molar-refractivity contribution in [2.24, 2.45) is 0 Å². The lowest BCUT2D eigenvalue weighted by atomic mass is 10.2. The van der Waals surface area contributed by atoms with Crippen LogP contribution in [0, 0.1) is 10.1 Å². The average molecular weight is 313 g/mol. The quantitative estimate of drug-likeness (QED) is 0.652. The van der Waals surface area contributed by atoms with Gasteiger partial charge in [0.2, 0.25) is 0 Å². The molecule has 0 saturated heterocycles. The van der Waals surface area contributed by atoms with Crippen molar-refractivity contribution in [2.45, 2.75) is 13.0 Å². The third-order valence-corrected chi connectivity index (χ3v) is 4.19. The molecule has 1 heterocycles. The number of methoxy groups -OCH3 is 1. The minimum Gasteiger partial charge on any atom is -0.490 e. The average Bonchev–Trinajstić information content (AvgIpc) is 2.85. The van der Waals surface area contributed by atoms with Crippen molar-refractivity contribution in [3.63, 3.8) is 0 Å². The van der Waals surface area contributed by atoms with Crippen LogP contribution in [0.25, 0.3) is 0 Å². The molecule has 1 unspecified atom stereocenters. The van der Waals surface area contributed by atoms with Crippen molar-refractivity contribution >= 4 is 34.3 Å². The van der Waals surface area contributed by atoms with E-state index in [1.54, 1.807) is 12.1 Å². The topological polar surface area (TPSA) is 64.4 Å². The molecular weight excluding hydrogens is 300 g/mol. The van der Waals surface area contributed by atoms with Gasteiger partial charge in [0.05, 0.1) is 22.4 Å². The highest BCUT2D eigenvalue weighted by Gasteiger charge is 2.16. The van der Waals surface area contributed by atoms with Crippen LogP contribution < -0.4 is 10.1 Å². The van der Waals surface area contributed by atoms with Crippen LogP contribution in [0.1, 0.15) is 17.8 Å². The number of nitrogens with zero attached hydrogens (tertiary/aromatic N) is 1. The molecule has 0 fully saturated rings. The first-order chi connectivity index (χ1) is 9.51. The van der Waals surface area contributed by atoms with Crippen LogP contribution in [0.5, 0.6) is 5.75 Å². The predicted octanol–water partition coefficient (Wildman–Crippen LogP) is 4.49. The molecule has 1 aromatic heterocycles. The lowest BCUT2D eigenvalue weighted by Crippen LogP contribution is -2.05. The van der Waals surface area contributed by atoms with Gasteiger partial charge in [-0.3, -0.25) is 10.1 Å². The molecular formula is C13H13ClN2O3S. The summed E-state index contributed by atoms with van der Waals surface area (Å²) in [7, 11) is 1.41. The minimum atomic E-state index is -0.462. The standard InChI is InChI=1S/C13H13ClN2O3S/c1-8(12-5-6-13(14)20-12)15-9-3-4-11(19-2)10(7-9)16(17)18/h3-8,15H,1-2H3. The number of thiophene rings is 1. The lowest BCUT2D eigenvalue weighted by molar-refractivity contribution is -0.385. The Morgan fingerprint density at radius 3 is 2.70 bits per heavy atom. The van der Waals surface area contributed by atoms with E-state index in [9.17, 15) is 10.1 Å². The number of nitro groups is 1. The molecule has 1 aromatic carbocycles. The van der Waals surface area contributed by atoms with Gasteiger partial charge >= 0.3 is 5.69 Å². The van der Waals surface area contributed by atoms with E-state index in [1.165, 1.54) is 24.5 Å². The zero-order valence-electron chi connectivity index (χ0n) is 10.9. The maximum atomic E-state index is 11.0. The van der Waals surface area contributed by atoms with Crippen LogP contribution in [0.4, 0.5) is 11.4 Å². The highest BCUT2D eigenvalue weighted by atomic mass is 35.5. The summed E-state index contributed by atoms with van der Waals surface area (Å²) in [6.07, 6.45) is 0. The van der Waals surface area contributed by atoms with Gasteiger partial charge < -0.3 is 10.1 Å². The van der Waals surface area contributed by atoms with Crippen LogP contribution in [0.15, 0.2) is 30.3 Å². The van der Waals surface area contributed by atoms with Gasteiger partial charge in [0.25, 0.3) is 0 Å². The third kappa shape index (κ3) is 3.20. The first-order valence-corrected chi connectivity index (χ1v) is 7.05. The number of ether oxygens (including phenoxy) is 1. The number of hydrogen-bond acceptors (Lipinski definition) is 5. The molecule has 5 nitrogen and oxygen atoms in total. The summed E-state index contributed by atoms with van der Waals surface area (Å²) in [5.41, 5.74) is 0.600. The fraction of sp³-hybridized carbons (Fsp3) is 0.231. The Labute approximate surface area is 125 Å². The number of rotatable bonds is 5. The van der Waals surface area contributed by atoms with Crippen molar-refractivity contribution in [3.05, 3.63) is 49.7 Å². The van der Waals surface area contributed by atoms with Crippen molar-refractivity contribution in [1.29, 1.82) is 0 Å². The zero-order chi connectivity index (χ0) is 14.7. The Morgan fingerprint density at radius 1 is 1.40 bits per heavy atom. The van der Waals surface area contributed by atoms with Gasteiger partial charge in [-0.15, -0.1) is 11.3 Å². The molecule has 2 rings (SSSR count). The lowest BCUT2D eigenvalue weighted by Gasteiger charge is -2.14. The van der Waals surface area contributed by atoms with E-state index >= 15 is 0 Å². The molecule has 0 radical (unpaired) electrons. The molecule has 0 aliphatic carbocycles. The van der Waals surface area contributed by atoms with Crippen LogP contribution in [0.2, 0.25) is 4.34 Å². The van der Waals surface area contributed by atoms with E-state index in [2.05, 4.69) is 5.32 Å². The van der Waals surface area contributed by atoms with Crippen molar-refractivity contribution < 1.29 is 9.66 Å². The molecule has 2 aromatic rings. The first-order valence-electron chi connectivity index (χ1n) is 5.85. The van der Waals surface area contributed by atoms with E-state index in [1.807, 2.05) is 19.1 Å². The Morgan fingerprint density at radius 2 is 2.15 bits per heavy atom. The highest BCUT2D eigenvalue weighted by molar-refractivity contribution is 7.16. The molecule has 7 heteroatoms. The fourth-order valence-electron chi connectivity index (χ4n) is 1.80. The van der Waals surface area contributed by atoms with E-state index < -0.39 is 4.92 Å². The molecule has 106 valence electrons. The molecule has 0 spiro atoms. The Kier molecular flexibility index (Phi) is 4.46. The summed E-state index contributed by atoms with van der Waals surface area (Å²) in [6, 6.07) is 8.57. The third-order valence-electron chi connectivity index (χ3n) is 2.78. The Balaban J connectivity index is 2.21. The van der Waals surface area contributed by atoms with Crippen molar-refractivity contribution in [1.82, 2.24) is 0 Å². The largest absolute Gasteiger partial charge is 0.490 e. The van der Waals surface area contributed by atoms with E-state index in [-0.39, 0.29) is 17.5 Å². The number of benzene rings is 1. The number of nitrogens with one attached hydrogen (secondary N) is 1. The number of halogens is 1. The number of anilines is 1. The zero-order valence-corrected chi connectivity index (χ0v) is 12.5. The van der Waals surface area contributed by atoms with Crippen molar-refractivity contribution in [2.75, 3.05) is 12.4 Å². The SMILES string of the molecule is COc1ccc(NC(C)c2ccc(Cl)s2)cc1[N+](=O)[O-]. The summed E-state index contributed by atoms with van der Waals surface area (Å²) in [5.74, 6) is 0.243. The molecule has 20 heavy (non-hydrogen) atoms. The van der Waals surface area contributed by atoms with Gasteiger partial charge in [-0.25, -0.2) is 0 Å². The van der Waals surface area contributed by atoms with Gasteiger partial charge in [-0.1, -0.05) is 11.6 Å². The van der Waals surface area contributed by atoms with Gasteiger partial charge in [-0.05, 0) is 31.2 Å². The maximum Gasteiger partial charge on any atom is 0.312 e. The van der Waals surface area contributed by atoms with Crippen LogP contribution in [0.3, 0.4) is 0 Å². The van der Waals surface area contributed by atoms with E-state index in [4.69, 9.17) is 16.3 Å². The summed E-state index contributed by atoms with van der Waals surface area (Å²) in [6.45, 7) is 1.97. The van der Waals surface area contributed by atoms with Crippen LogP contribution >= 0.6 is 22.9 Å². The highest BCUT2D eigenvalue weighted by Crippen LogP contribution is 2.33. The fourth-order valence-corrected chi connectivity index (χ4v) is 2.87. The molecule has 0 aliphatic rings. The molecule has 1 N–H and O–H groups in total. The molecule has 0 aliphatic heterocycles. The number of hydrogen-bond donors (Lipinski definition) is 1. The molecule has 0 saturated carbocycles. The Hall–Kier alpha value is -1.79. The van der Waals surface area contributed by atoms with Crippen molar-refractivity contribution in [3.8, 4) is 5.75 Å². The summed E-state index contributed by atoms with van der Waals surface area (Å²) < 4.78 is 5.69. The molecule has 0 bridgehead atoms. The first kappa shape index (κ1) is 14.6. The molecule has 0 amide bonds. The summed E-state index contributed by atoms with van der Waals surface area (Å²) in [4.78, 5) is 11.6. The molecule has 1 atom stereocenters. The smallest absolute Gasteiger partial charge is 0.312 e.